The standard InChI is InChI=1S/C17H19N3/c1-11-8-16-17(9-12(11)2)20(10-19-16)15-6-4-14(5-7-15)13(3)18/h4-10,13H,18H2,1-3H3/t13-/m0/s1. The summed E-state index contributed by atoms with van der Waals surface area (Å²) in [6.45, 7) is 6.24. The van der Waals surface area contributed by atoms with Crippen LogP contribution in [0.1, 0.15) is 29.7 Å². The SMILES string of the molecule is Cc1cc2ncn(-c3ccc([C@H](C)N)cc3)c2cc1C. The fourth-order valence-corrected chi connectivity index (χ4v) is 2.41. The molecule has 2 N–H and O–H groups in total. The van der Waals surface area contributed by atoms with Gasteiger partial charge in [0.15, 0.2) is 0 Å². The minimum atomic E-state index is 0.0634. The largest absolute Gasteiger partial charge is 0.324 e. The van der Waals surface area contributed by atoms with E-state index in [1.54, 1.807) is 0 Å². The van der Waals surface area contributed by atoms with Gasteiger partial charge in [0.1, 0.15) is 6.33 Å². The van der Waals surface area contributed by atoms with Gasteiger partial charge in [0, 0.05) is 11.7 Å². The quantitative estimate of drug-likeness (QED) is 0.768. The summed E-state index contributed by atoms with van der Waals surface area (Å²) in [7, 11) is 0. The molecule has 1 atom stereocenters. The van der Waals surface area contributed by atoms with Crippen LogP contribution < -0.4 is 5.73 Å². The molecular formula is C17H19N3. The maximum atomic E-state index is 5.89. The average Bonchev–Trinajstić information content (AvgIpc) is 2.82. The zero-order valence-corrected chi connectivity index (χ0v) is 12.1. The molecule has 3 heteroatoms. The van der Waals surface area contributed by atoms with E-state index in [1.165, 1.54) is 11.1 Å². The molecule has 2 aromatic carbocycles. The molecule has 0 amide bonds. The highest BCUT2D eigenvalue weighted by Crippen LogP contribution is 2.22. The van der Waals surface area contributed by atoms with Gasteiger partial charge in [-0.15, -0.1) is 0 Å². The Morgan fingerprint density at radius 2 is 1.70 bits per heavy atom. The van der Waals surface area contributed by atoms with E-state index in [1.807, 2.05) is 13.3 Å². The second-order valence-corrected chi connectivity index (χ2v) is 5.42. The predicted octanol–water partition coefficient (Wildman–Crippen LogP) is 3.66. The first-order chi connectivity index (χ1) is 9.56. The van der Waals surface area contributed by atoms with Crippen LogP contribution in [0.15, 0.2) is 42.7 Å². The fraction of sp³-hybridized carbons (Fsp3) is 0.235. The smallest absolute Gasteiger partial charge is 0.100 e. The van der Waals surface area contributed by atoms with Gasteiger partial charge in [-0.05, 0) is 61.7 Å². The minimum absolute atomic E-state index is 0.0634. The van der Waals surface area contributed by atoms with E-state index >= 15 is 0 Å². The van der Waals surface area contributed by atoms with Crippen molar-refractivity contribution in [3.8, 4) is 5.69 Å². The van der Waals surface area contributed by atoms with Crippen LogP contribution in [0.3, 0.4) is 0 Å². The molecule has 0 spiro atoms. The second-order valence-electron chi connectivity index (χ2n) is 5.42. The van der Waals surface area contributed by atoms with Crippen molar-refractivity contribution < 1.29 is 0 Å². The highest BCUT2D eigenvalue weighted by atomic mass is 15.0. The summed E-state index contributed by atoms with van der Waals surface area (Å²) in [5.41, 5.74) is 12.9. The lowest BCUT2D eigenvalue weighted by Crippen LogP contribution is -2.04. The van der Waals surface area contributed by atoms with Gasteiger partial charge in [0.2, 0.25) is 0 Å². The van der Waals surface area contributed by atoms with Gasteiger partial charge in [-0.25, -0.2) is 4.98 Å². The van der Waals surface area contributed by atoms with Crippen LogP contribution in [0, 0.1) is 13.8 Å². The Bertz CT molecular complexity index is 752. The van der Waals surface area contributed by atoms with Crippen molar-refractivity contribution >= 4 is 11.0 Å². The summed E-state index contributed by atoms with van der Waals surface area (Å²) in [5, 5.41) is 0. The first-order valence-electron chi connectivity index (χ1n) is 6.86. The van der Waals surface area contributed by atoms with Gasteiger partial charge in [-0.1, -0.05) is 12.1 Å². The van der Waals surface area contributed by atoms with Crippen molar-refractivity contribution in [2.24, 2.45) is 5.73 Å². The van der Waals surface area contributed by atoms with E-state index in [4.69, 9.17) is 5.73 Å². The highest BCUT2D eigenvalue weighted by molar-refractivity contribution is 5.79. The van der Waals surface area contributed by atoms with Crippen LogP contribution in [0.25, 0.3) is 16.7 Å². The molecule has 0 aliphatic carbocycles. The molecule has 20 heavy (non-hydrogen) atoms. The molecule has 0 aliphatic heterocycles. The molecular weight excluding hydrogens is 246 g/mol. The Morgan fingerprint density at radius 1 is 1.05 bits per heavy atom. The maximum Gasteiger partial charge on any atom is 0.100 e. The van der Waals surface area contributed by atoms with E-state index in [9.17, 15) is 0 Å². The minimum Gasteiger partial charge on any atom is -0.324 e. The van der Waals surface area contributed by atoms with E-state index in [2.05, 4.69) is 59.8 Å². The molecule has 3 aromatic rings. The number of nitrogens with two attached hydrogens (primary N) is 1. The topological polar surface area (TPSA) is 43.8 Å². The molecule has 0 radical (unpaired) electrons. The third kappa shape index (κ3) is 2.10. The number of aromatic nitrogens is 2. The Kier molecular flexibility index (Phi) is 3.07. The van der Waals surface area contributed by atoms with Gasteiger partial charge in [-0.3, -0.25) is 4.57 Å². The molecule has 1 heterocycles. The summed E-state index contributed by atoms with van der Waals surface area (Å²) in [4.78, 5) is 4.49. The molecule has 1 aromatic heterocycles. The molecule has 0 aliphatic rings. The summed E-state index contributed by atoms with van der Waals surface area (Å²) in [6, 6.07) is 12.7. The Balaban J connectivity index is 2.12. The van der Waals surface area contributed by atoms with Crippen molar-refractivity contribution in [2.75, 3.05) is 0 Å². The van der Waals surface area contributed by atoms with E-state index in [0.29, 0.717) is 0 Å². The van der Waals surface area contributed by atoms with E-state index in [-0.39, 0.29) is 6.04 Å². The summed E-state index contributed by atoms with van der Waals surface area (Å²) in [6.07, 6.45) is 1.88. The number of hydrogen-bond acceptors (Lipinski definition) is 2. The first kappa shape index (κ1) is 12.9. The lowest BCUT2D eigenvalue weighted by molar-refractivity contribution is 0.817. The van der Waals surface area contributed by atoms with Crippen LogP contribution in [0.2, 0.25) is 0 Å². The van der Waals surface area contributed by atoms with Gasteiger partial charge in [-0.2, -0.15) is 0 Å². The molecule has 0 bridgehead atoms. The van der Waals surface area contributed by atoms with Crippen LogP contribution in [0.4, 0.5) is 0 Å². The number of fused-ring (bicyclic) bond motifs is 1. The predicted molar refractivity (Wildman–Crippen MR) is 83.1 cm³/mol. The number of imidazole rings is 1. The van der Waals surface area contributed by atoms with Crippen molar-refractivity contribution in [3.05, 3.63) is 59.4 Å². The third-order valence-electron chi connectivity index (χ3n) is 3.86. The number of rotatable bonds is 2. The number of benzene rings is 2. The van der Waals surface area contributed by atoms with Gasteiger partial charge >= 0.3 is 0 Å². The summed E-state index contributed by atoms with van der Waals surface area (Å²) < 4.78 is 2.12. The number of hydrogen-bond donors (Lipinski definition) is 1. The van der Waals surface area contributed by atoms with Crippen LogP contribution >= 0.6 is 0 Å². The monoisotopic (exact) mass is 265 g/mol. The Labute approximate surface area is 119 Å². The van der Waals surface area contributed by atoms with E-state index in [0.717, 1.165) is 22.3 Å². The van der Waals surface area contributed by atoms with Crippen molar-refractivity contribution in [1.29, 1.82) is 0 Å². The lowest BCUT2D eigenvalue weighted by Gasteiger charge is -2.09. The van der Waals surface area contributed by atoms with Crippen molar-refractivity contribution in [1.82, 2.24) is 9.55 Å². The second kappa shape index (κ2) is 4.76. The molecule has 0 saturated carbocycles. The normalized spacial score (nSPS) is 12.8. The lowest BCUT2D eigenvalue weighted by atomic mass is 10.1. The zero-order valence-electron chi connectivity index (χ0n) is 12.1. The van der Waals surface area contributed by atoms with Crippen molar-refractivity contribution in [3.63, 3.8) is 0 Å². The van der Waals surface area contributed by atoms with Crippen molar-refractivity contribution in [2.45, 2.75) is 26.8 Å². The summed E-state index contributed by atoms with van der Waals surface area (Å²) in [5.74, 6) is 0. The molecule has 3 rings (SSSR count). The first-order valence-corrected chi connectivity index (χ1v) is 6.86. The number of aryl methyl sites for hydroxylation is 2. The fourth-order valence-electron chi connectivity index (χ4n) is 2.41. The van der Waals surface area contributed by atoms with Crippen LogP contribution in [-0.4, -0.2) is 9.55 Å². The molecule has 0 unspecified atom stereocenters. The van der Waals surface area contributed by atoms with Gasteiger partial charge in [0.25, 0.3) is 0 Å². The molecule has 102 valence electrons. The maximum absolute atomic E-state index is 5.89. The van der Waals surface area contributed by atoms with E-state index < -0.39 is 0 Å². The Morgan fingerprint density at radius 3 is 2.35 bits per heavy atom. The average molecular weight is 265 g/mol. The highest BCUT2D eigenvalue weighted by Gasteiger charge is 2.07. The molecule has 0 saturated heterocycles. The summed E-state index contributed by atoms with van der Waals surface area (Å²) >= 11 is 0. The number of nitrogens with zero attached hydrogens (tertiary/aromatic N) is 2. The Hall–Kier alpha value is -2.13. The molecule has 3 nitrogen and oxygen atoms in total. The third-order valence-corrected chi connectivity index (χ3v) is 3.86. The molecule has 0 fully saturated rings. The van der Waals surface area contributed by atoms with Crippen LogP contribution in [-0.2, 0) is 0 Å². The van der Waals surface area contributed by atoms with Gasteiger partial charge < -0.3 is 5.73 Å². The van der Waals surface area contributed by atoms with Gasteiger partial charge in [0.05, 0.1) is 11.0 Å². The van der Waals surface area contributed by atoms with Crippen LogP contribution in [0.5, 0.6) is 0 Å². The zero-order chi connectivity index (χ0) is 14.3.